The highest BCUT2D eigenvalue weighted by atomic mass is 31.1. The largest absolute Gasteiger partial charge is 0.355 e. The lowest BCUT2D eigenvalue weighted by molar-refractivity contribution is 0.591. The molecule has 0 aromatic carbocycles. The van der Waals surface area contributed by atoms with Crippen LogP contribution in [0.3, 0.4) is 0 Å². The first kappa shape index (κ1) is 7.40. The molecule has 0 aromatic heterocycles. The number of rotatable bonds is 3. The van der Waals surface area contributed by atoms with Gasteiger partial charge >= 0.3 is 7.80 Å². The SMILES string of the molecule is C#CC[P+](=O)CC=C. The third-order valence-electron chi connectivity index (χ3n) is 0.600. The van der Waals surface area contributed by atoms with Crippen molar-refractivity contribution in [1.82, 2.24) is 0 Å². The predicted molar refractivity (Wildman–Crippen MR) is 36.4 cm³/mol. The van der Waals surface area contributed by atoms with Crippen LogP contribution in [0, 0.1) is 12.3 Å². The highest BCUT2D eigenvalue weighted by molar-refractivity contribution is 7.45. The van der Waals surface area contributed by atoms with Crippen molar-refractivity contribution in [3.8, 4) is 12.3 Å². The van der Waals surface area contributed by atoms with Gasteiger partial charge in [-0.15, -0.1) is 6.42 Å². The quantitative estimate of drug-likeness (QED) is 0.320. The molecule has 8 heavy (non-hydrogen) atoms. The molecule has 0 aliphatic heterocycles. The molecule has 0 N–H and O–H groups in total. The molecule has 0 aromatic rings. The lowest BCUT2D eigenvalue weighted by Gasteiger charge is -1.69. The van der Waals surface area contributed by atoms with Gasteiger partial charge in [0.1, 0.15) is 0 Å². The standard InChI is InChI=1S/C6H8OP/c1-3-5-8(7)6-4-2/h1,4H,2,5-6H2/q+1. The zero-order chi connectivity index (χ0) is 6.41. The second-order valence-electron chi connectivity index (χ2n) is 1.32. The van der Waals surface area contributed by atoms with Crippen molar-refractivity contribution in [3.05, 3.63) is 12.7 Å². The van der Waals surface area contributed by atoms with E-state index in [1.54, 1.807) is 6.08 Å². The Hall–Kier alpha value is -0.600. The molecule has 0 aliphatic rings. The molecule has 0 amide bonds. The summed E-state index contributed by atoms with van der Waals surface area (Å²) >= 11 is 0. The molecule has 0 rings (SSSR count). The average molecular weight is 127 g/mol. The van der Waals surface area contributed by atoms with E-state index < -0.39 is 7.80 Å². The molecular formula is C6H8OP+. The van der Waals surface area contributed by atoms with Crippen LogP contribution in [0.4, 0.5) is 0 Å². The van der Waals surface area contributed by atoms with Crippen molar-refractivity contribution in [2.24, 2.45) is 0 Å². The van der Waals surface area contributed by atoms with Crippen LogP contribution in [0.25, 0.3) is 0 Å². The van der Waals surface area contributed by atoms with Crippen LogP contribution in [0.1, 0.15) is 0 Å². The second-order valence-corrected chi connectivity index (χ2v) is 2.96. The summed E-state index contributed by atoms with van der Waals surface area (Å²) in [5, 5.41) is 0. The summed E-state index contributed by atoms with van der Waals surface area (Å²) in [4.78, 5) is 0. The summed E-state index contributed by atoms with van der Waals surface area (Å²) in [5.41, 5.74) is 0. The molecule has 0 heterocycles. The summed E-state index contributed by atoms with van der Waals surface area (Å²) in [5.74, 6) is 2.32. The first-order valence-electron chi connectivity index (χ1n) is 2.27. The van der Waals surface area contributed by atoms with Crippen LogP contribution in [-0.2, 0) is 4.57 Å². The summed E-state index contributed by atoms with van der Waals surface area (Å²) in [7, 11) is -1.18. The predicted octanol–water partition coefficient (Wildman–Crippen LogP) is 1.63. The van der Waals surface area contributed by atoms with Gasteiger partial charge in [-0.25, -0.2) is 0 Å². The van der Waals surface area contributed by atoms with E-state index in [0.717, 1.165) is 0 Å². The Labute approximate surface area is 50.6 Å². The molecule has 42 valence electrons. The molecule has 0 bridgehead atoms. The van der Waals surface area contributed by atoms with E-state index in [1.165, 1.54) is 0 Å². The first-order valence-corrected chi connectivity index (χ1v) is 3.90. The molecule has 1 unspecified atom stereocenters. The summed E-state index contributed by atoms with van der Waals surface area (Å²) in [6.07, 6.45) is 7.43. The Balaban J connectivity index is 3.36. The first-order chi connectivity index (χ1) is 3.81. The molecule has 1 nitrogen and oxygen atoms in total. The van der Waals surface area contributed by atoms with Crippen molar-refractivity contribution in [2.45, 2.75) is 0 Å². The van der Waals surface area contributed by atoms with Crippen molar-refractivity contribution >= 4 is 7.80 Å². The van der Waals surface area contributed by atoms with Crippen LogP contribution < -0.4 is 0 Å². The zero-order valence-electron chi connectivity index (χ0n) is 4.63. The molecule has 1 atom stereocenters. The zero-order valence-corrected chi connectivity index (χ0v) is 5.53. The third-order valence-corrected chi connectivity index (χ3v) is 1.80. The molecular weight excluding hydrogens is 119 g/mol. The van der Waals surface area contributed by atoms with E-state index in [-0.39, 0.29) is 0 Å². The molecule has 0 saturated heterocycles. The van der Waals surface area contributed by atoms with E-state index in [1.807, 2.05) is 0 Å². The number of hydrogen-bond donors (Lipinski definition) is 0. The molecule has 0 radical (unpaired) electrons. The van der Waals surface area contributed by atoms with Gasteiger partial charge in [-0.2, -0.15) is 0 Å². The van der Waals surface area contributed by atoms with Gasteiger partial charge in [-0.1, -0.05) is 17.1 Å². The number of hydrogen-bond acceptors (Lipinski definition) is 1. The molecule has 0 saturated carbocycles. The molecule has 0 spiro atoms. The minimum absolute atomic E-state index is 0.376. The van der Waals surface area contributed by atoms with Gasteiger partial charge in [0, 0.05) is 0 Å². The van der Waals surface area contributed by atoms with Gasteiger partial charge < -0.3 is 0 Å². The Morgan fingerprint density at radius 1 is 1.88 bits per heavy atom. The van der Waals surface area contributed by atoms with Crippen molar-refractivity contribution < 1.29 is 4.57 Å². The van der Waals surface area contributed by atoms with Gasteiger partial charge in [-0.3, -0.25) is 0 Å². The maximum absolute atomic E-state index is 10.6. The molecule has 2 heteroatoms. The van der Waals surface area contributed by atoms with Crippen LogP contribution in [0.5, 0.6) is 0 Å². The van der Waals surface area contributed by atoms with Crippen molar-refractivity contribution in [2.75, 3.05) is 12.3 Å². The molecule has 0 fully saturated rings. The normalized spacial score (nSPS) is 9.62. The fraction of sp³-hybridized carbons (Fsp3) is 0.333. The van der Waals surface area contributed by atoms with Crippen molar-refractivity contribution in [3.63, 3.8) is 0 Å². The van der Waals surface area contributed by atoms with Gasteiger partial charge in [-0.05, 0) is 6.08 Å². The summed E-state index contributed by atoms with van der Waals surface area (Å²) < 4.78 is 10.6. The fourth-order valence-corrected chi connectivity index (χ4v) is 0.931. The Morgan fingerprint density at radius 3 is 2.88 bits per heavy atom. The Kier molecular flexibility index (Phi) is 4.21. The van der Waals surface area contributed by atoms with Gasteiger partial charge in [0.15, 0.2) is 6.16 Å². The van der Waals surface area contributed by atoms with Gasteiger partial charge in [0.25, 0.3) is 0 Å². The van der Waals surface area contributed by atoms with Crippen molar-refractivity contribution in [1.29, 1.82) is 0 Å². The highest BCUT2D eigenvalue weighted by Gasteiger charge is 2.07. The lowest BCUT2D eigenvalue weighted by Crippen LogP contribution is -1.72. The Bertz CT molecular complexity index is 132. The van der Waals surface area contributed by atoms with E-state index in [4.69, 9.17) is 6.42 Å². The lowest BCUT2D eigenvalue weighted by atomic mass is 10.8. The Morgan fingerprint density at radius 2 is 2.50 bits per heavy atom. The van der Waals surface area contributed by atoms with Crippen LogP contribution >= 0.6 is 7.80 Å². The second kappa shape index (κ2) is 4.56. The summed E-state index contributed by atoms with van der Waals surface area (Å²) in [6, 6.07) is 0. The average Bonchev–Trinajstić information content (AvgIpc) is 1.68. The number of allylic oxidation sites excluding steroid dienone is 1. The smallest absolute Gasteiger partial charge is 0.116 e. The monoisotopic (exact) mass is 127 g/mol. The fourth-order valence-electron chi connectivity index (χ4n) is 0.310. The third kappa shape index (κ3) is 3.59. The van der Waals surface area contributed by atoms with E-state index in [0.29, 0.717) is 12.3 Å². The van der Waals surface area contributed by atoms with E-state index >= 15 is 0 Å². The minimum Gasteiger partial charge on any atom is -0.116 e. The van der Waals surface area contributed by atoms with E-state index in [9.17, 15) is 4.57 Å². The molecule has 0 aliphatic carbocycles. The van der Waals surface area contributed by atoms with Gasteiger partial charge in [0.2, 0.25) is 6.16 Å². The minimum atomic E-state index is -1.18. The number of terminal acetylenes is 1. The van der Waals surface area contributed by atoms with Crippen LogP contribution in [0.15, 0.2) is 12.7 Å². The topological polar surface area (TPSA) is 17.1 Å². The van der Waals surface area contributed by atoms with Crippen LogP contribution in [0.2, 0.25) is 0 Å². The highest BCUT2D eigenvalue weighted by Crippen LogP contribution is 2.17. The van der Waals surface area contributed by atoms with Crippen LogP contribution in [-0.4, -0.2) is 12.3 Å². The maximum Gasteiger partial charge on any atom is 0.355 e. The maximum atomic E-state index is 10.6. The summed E-state index contributed by atoms with van der Waals surface area (Å²) in [6.45, 7) is 3.43. The van der Waals surface area contributed by atoms with Gasteiger partial charge in [0.05, 0.1) is 0 Å². The van der Waals surface area contributed by atoms with E-state index in [2.05, 4.69) is 12.5 Å².